The van der Waals surface area contributed by atoms with E-state index in [9.17, 15) is 4.79 Å². The average Bonchev–Trinajstić information content (AvgIpc) is 3.39. The summed E-state index contributed by atoms with van der Waals surface area (Å²) in [7, 11) is 0. The van der Waals surface area contributed by atoms with Crippen LogP contribution in [0, 0.1) is 0 Å². The quantitative estimate of drug-likeness (QED) is 0.467. The molecule has 29 heavy (non-hydrogen) atoms. The van der Waals surface area contributed by atoms with E-state index in [1.54, 1.807) is 18.2 Å². The maximum atomic E-state index is 12.3. The number of ether oxygens (including phenoxy) is 2. The molecule has 0 fully saturated rings. The first-order chi connectivity index (χ1) is 14.2. The molecule has 0 unspecified atom stereocenters. The fourth-order valence-electron chi connectivity index (χ4n) is 2.97. The molecular formula is C20H13BrN4O4. The first-order valence-electron chi connectivity index (χ1n) is 8.73. The number of rotatable bonds is 4. The van der Waals surface area contributed by atoms with E-state index in [-0.39, 0.29) is 24.8 Å². The summed E-state index contributed by atoms with van der Waals surface area (Å²) < 4.78 is 18.2. The van der Waals surface area contributed by atoms with Crippen molar-refractivity contribution in [3.8, 4) is 34.1 Å². The Hall–Kier alpha value is -3.46. The number of nitrogens with zero attached hydrogens (tertiary/aromatic N) is 4. The molecule has 2 aromatic carbocycles. The maximum Gasteiger partial charge on any atom is 0.267 e. The van der Waals surface area contributed by atoms with Crippen LogP contribution in [-0.2, 0) is 6.54 Å². The molecule has 0 atom stereocenters. The molecule has 0 N–H and O–H groups in total. The van der Waals surface area contributed by atoms with E-state index in [1.165, 1.54) is 10.7 Å². The minimum absolute atomic E-state index is 0.0642. The molecule has 0 saturated heterocycles. The molecule has 0 spiro atoms. The van der Waals surface area contributed by atoms with Gasteiger partial charge in [0, 0.05) is 21.7 Å². The molecule has 1 aliphatic heterocycles. The molecule has 2 aromatic heterocycles. The summed E-state index contributed by atoms with van der Waals surface area (Å²) in [4.78, 5) is 16.6. The molecule has 9 heteroatoms. The van der Waals surface area contributed by atoms with Crippen molar-refractivity contribution in [2.75, 3.05) is 6.79 Å². The van der Waals surface area contributed by atoms with Crippen LogP contribution < -0.4 is 15.0 Å². The van der Waals surface area contributed by atoms with Crippen LogP contribution in [0.5, 0.6) is 11.5 Å². The molecule has 4 aromatic rings. The Morgan fingerprint density at radius 2 is 1.90 bits per heavy atom. The molecule has 5 rings (SSSR count). The summed E-state index contributed by atoms with van der Waals surface area (Å²) in [5.41, 5.74) is 2.01. The molecule has 1 aliphatic rings. The van der Waals surface area contributed by atoms with Gasteiger partial charge in [0.1, 0.15) is 6.54 Å². The SMILES string of the molecule is O=c1ccc(-c2ccccc2Br)nn1Cc1nc(-c2ccc3c(c2)OCO3)no1. The first-order valence-corrected chi connectivity index (χ1v) is 9.52. The third-order valence-electron chi connectivity index (χ3n) is 4.40. The number of fused-ring (bicyclic) bond motifs is 1. The van der Waals surface area contributed by atoms with Gasteiger partial charge in [-0.25, -0.2) is 4.68 Å². The van der Waals surface area contributed by atoms with Gasteiger partial charge in [0.25, 0.3) is 5.56 Å². The van der Waals surface area contributed by atoms with Crippen LogP contribution in [0.2, 0.25) is 0 Å². The summed E-state index contributed by atoms with van der Waals surface area (Å²) in [6.07, 6.45) is 0. The zero-order chi connectivity index (χ0) is 19.8. The number of hydrogen-bond donors (Lipinski definition) is 0. The van der Waals surface area contributed by atoms with Gasteiger partial charge < -0.3 is 14.0 Å². The van der Waals surface area contributed by atoms with Crippen LogP contribution in [0.3, 0.4) is 0 Å². The topological polar surface area (TPSA) is 92.3 Å². The number of benzene rings is 2. The largest absolute Gasteiger partial charge is 0.454 e. The number of hydrogen-bond acceptors (Lipinski definition) is 7. The van der Waals surface area contributed by atoms with Crippen molar-refractivity contribution in [3.05, 3.63) is 75.3 Å². The van der Waals surface area contributed by atoms with Gasteiger partial charge in [-0.3, -0.25) is 4.79 Å². The second-order valence-electron chi connectivity index (χ2n) is 6.27. The van der Waals surface area contributed by atoms with Gasteiger partial charge in [-0.15, -0.1) is 0 Å². The van der Waals surface area contributed by atoms with E-state index in [4.69, 9.17) is 14.0 Å². The van der Waals surface area contributed by atoms with E-state index in [0.717, 1.165) is 15.6 Å². The third kappa shape index (κ3) is 3.40. The van der Waals surface area contributed by atoms with Gasteiger partial charge in [-0.05, 0) is 30.3 Å². The van der Waals surface area contributed by atoms with E-state index >= 15 is 0 Å². The molecule has 3 heterocycles. The zero-order valence-corrected chi connectivity index (χ0v) is 16.5. The zero-order valence-electron chi connectivity index (χ0n) is 14.9. The van der Waals surface area contributed by atoms with Crippen molar-refractivity contribution >= 4 is 15.9 Å². The van der Waals surface area contributed by atoms with Crippen LogP contribution in [-0.4, -0.2) is 26.7 Å². The highest BCUT2D eigenvalue weighted by Crippen LogP contribution is 2.35. The van der Waals surface area contributed by atoms with Crippen molar-refractivity contribution in [2.24, 2.45) is 0 Å². The fourth-order valence-corrected chi connectivity index (χ4v) is 3.46. The van der Waals surface area contributed by atoms with Gasteiger partial charge in [0.05, 0.1) is 5.69 Å². The van der Waals surface area contributed by atoms with Crippen LogP contribution in [0.15, 0.2) is 68.4 Å². The van der Waals surface area contributed by atoms with Crippen LogP contribution in [0.25, 0.3) is 22.6 Å². The molecule has 8 nitrogen and oxygen atoms in total. The highest BCUT2D eigenvalue weighted by atomic mass is 79.9. The first kappa shape index (κ1) is 17.6. The van der Waals surface area contributed by atoms with Gasteiger partial charge in [-0.1, -0.05) is 39.3 Å². The summed E-state index contributed by atoms with van der Waals surface area (Å²) in [6.45, 7) is 0.257. The molecule has 0 bridgehead atoms. The lowest BCUT2D eigenvalue weighted by atomic mass is 10.1. The standard InChI is InChI=1S/C20H13BrN4O4/c21-14-4-2-1-3-13(14)15-6-8-19(26)25(23-15)10-18-22-20(24-29-18)12-5-7-16-17(9-12)28-11-27-16/h1-9H,10-11H2. The van der Waals surface area contributed by atoms with Crippen LogP contribution in [0.1, 0.15) is 5.89 Å². The second kappa shape index (κ2) is 7.17. The molecule has 0 amide bonds. The van der Waals surface area contributed by atoms with Gasteiger partial charge in [0.15, 0.2) is 11.5 Å². The molecular weight excluding hydrogens is 440 g/mol. The number of halogens is 1. The van der Waals surface area contributed by atoms with Crippen molar-refractivity contribution in [1.29, 1.82) is 0 Å². The Labute approximate surface area is 172 Å². The van der Waals surface area contributed by atoms with Gasteiger partial charge in [-0.2, -0.15) is 10.1 Å². The highest BCUT2D eigenvalue weighted by molar-refractivity contribution is 9.10. The fraction of sp³-hybridized carbons (Fsp3) is 0.100. The Bertz CT molecular complexity index is 1270. The third-order valence-corrected chi connectivity index (χ3v) is 5.09. The maximum absolute atomic E-state index is 12.3. The Kier molecular flexibility index (Phi) is 4.36. The number of aromatic nitrogens is 4. The van der Waals surface area contributed by atoms with E-state index in [0.29, 0.717) is 23.0 Å². The lowest BCUT2D eigenvalue weighted by Gasteiger charge is -2.06. The lowest BCUT2D eigenvalue weighted by molar-refractivity contribution is 0.174. The molecule has 0 aliphatic carbocycles. The predicted molar refractivity (Wildman–Crippen MR) is 107 cm³/mol. The monoisotopic (exact) mass is 452 g/mol. The summed E-state index contributed by atoms with van der Waals surface area (Å²) in [5, 5.41) is 8.44. The average molecular weight is 453 g/mol. The summed E-state index contributed by atoms with van der Waals surface area (Å²) in [5.74, 6) is 1.98. The van der Waals surface area contributed by atoms with Crippen LogP contribution >= 0.6 is 15.9 Å². The summed E-state index contributed by atoms with van der Waals surface area (Å²) in [6, 6.07) is 16.2. The van der Waals surface area contributed by atoms with E-state index in [1.807, 2.05) is 30.3 Å². The molecule has 144 valence electrons. The minimum atomic E-state index is -0.261. The molecule has 0 radical (unpaired) electrons. The van der Waals surface area contributed by atoms with Crippen LogP contribution in [0.4, 0.5) is 0 Å². The van der Waals surface area contributed by atoms with E-state index in [2.05, 4.69) is 31.2 Å². The van der Waals surface area contributed by atoms with Crippen molar-refractivity contribution in [1.82, 2.24) is 19.9 Å². The van der Waals surface area contributed by atoms with E-state index < -0.39 is 0 Å². The van der Waals surface area contributed by atoms with Crippen molar-refractivity contribution in [2.45, 2.75) is 6.54 Å². The Morgan fingerprint density at radius 3 is 2.79 bits per heavy atom. The smallest absolute Gasteiger partial charge is 0.267 e. The molecule has 0 saturated carbocycles. The van der Waals surface area contributed by atoms with Crippen molar-refractivity contribution < 1.29 is 14.0 Å². The van der Waals surface area contributed by atoms with Gasteiger partial charge >= 0.3 is 0 Å². The van der Waals surface area contributed by atoms with Crippen molar-refractivity contribution in [3.63, 3.8) is 0 Å². The second-order valence-corrected chi connectivity index (χ2v) is 7.13. The van der Waals surface area contributed by atoms with Gasteiger partial charge in [0.2, 0.25) is 18.5 Å². The Morgan fingerprint density at radius 1 is 1.03 bits per heavy atom. The summed E-state index contributed by atoms with van der Waals surface area (Å²) >= 11 is 3.51. The Balaban J connectivity index is 1.43. The normalized spacial score (nSPS) is 12.3. The minimum Gasteiger partial charge on any atom is -0.454 e. The predicted octanol–water partition coefficient (Wildman–Crippen LogP) is 3.50. The lowest BCUT2D eigenvalue weighted by Crippen LogP contribution is -2.23. The highest BCUT2D eigenvalue weighted by Gasteiger charge is 2.17.